The third kappa shape index (κ3) is 3.35. The minimum atomic E-state index is -0.176. The fourth-order valence-electron chi connectivity index (χ4n) is 0.965. The van der Waals surface area contributed by atoms with Crippen LogP contribution in [0.2, 0.25) is 0 Å². The molecule has 4 nitrogen and oxygen atoms in total. The standard InChI is InChI=1S/C9H15N3OS/c1-6(2)11-9(13)12-8-4-3-7(5-10)14-8/h3-4,6H,5,10H2,1-2H3,(H2,11,12,13). The van der Waals surface area contributed by atoms with E-state index in [-0.39, 0.29) is 12.1 Å². The summed E-state index contributed by atoms with van der Waals surface area (Å²) < 4.78 is 0. The lowest BCUT2D eigenvalue weighted by Gasteiger charge is -2.08. The van der Waals surface area contributed by atoms with Crippen molar-refractivity contribution in [2.24, 2.45) is 5.73 Å². The summed E-state index contributed by atoms with van der Waals surface area (Å²) in [7, 11) is 0. The fraction of sp³-hybridized carbons (Fsp3) is 0.444. The summed E-state index contributed by atoms with van der Waals surface area (Å²) in [5.74, 6) is 0. The highest BCUT2D eigenvalue weighted by Crippen LogP contribution is 2.20. The molecular formula is C9H15N3OS. The van der Waals surface area contributed by atoms with Gasteiger partial charge in [-0.25, -0.2) is 4.79 Å². The van der Waals surface area contributed by atoms with Gasteiger partial charge in [0, 0.05) is 17.5 Å². The van der Waals surface area contributed by atoms with Crippen molar-refractivity contribution >= 4 is 22.4 Å². The number of urea groups is 1. The zero-order valence-corrected chi connectivity index (χ0v) is 9.15. The summed E-state index contributed by atoms with van der Waals surface area (Å²) in [5, 5.41) is 6.31. The van der Waals surface area contributed by atoms with Gasteiger partial charge in [-0.1, -0.05) is 0 Å². The average Bonchev–Trinajstić information content (AvgIpc) is 2.50. The zero-order chi connectivity index (χ0) is 10.6. The molecule has 0 aliphatic carbocycles. The molecule has 5 heteroatoms. The first kappa shape index (κ1) is 11.0. The summed E-state index contributed by atoms with van der Waals surface area (Å²) in [6.45, 7) is 4.34. The van der Waals surface area contributed by atoms with Gasteiger partial charge in [-0.3, -0.25) is 5.32 Å². The van der Waals surface area contributed by atoms with Crippen molar-refractivity contribution in [3.05, 3.63) is 17.0 Å². The maximum Gasteiger partial charge on any atom is 0.320 e. The van der Waals surface area contributed by atoms with Crippen LogP contribution in [0.5, 0.6) is 0 Å². The van der Waals surface area contributed by atoms with E-state index in [0.717, 1.165) is 9.88 Å². The molecule has 0 spiro atoms. The number of nitrogens with one attached hydrogen (secondary N) is 2. The minimum absolute atomic E-state index is 0.143. The molecular weight excluding hydrogens is 198 g/mol. The van der Waals surface area contributed by atoms with Crippen molar-refractivity contribution in [1.29, 1.82) is 0 Å². The molecule has 4 N–H and O–H groups in total. The van der Waals surface area contributed by atoms with Crippen LogP contribution in [-0.4, -0.2) is 12.1 Å². The topological polar surface area (TPSA) is 67.2 Å². The first-order chi connectivity index (χ1) is 6.61. The van der Waals surface area contributed by atoms with E-state index in [1.807, 2.05) is 26.0 Å². The number of anilines is 1. The van der Waals surface area contributed by atoms with Crippen LogP contribution in [0.1, 0.15) is 18.7 Å². The maximum atomic E-state index is 11.3. The Hall–Kier alpha value is -1.07. The number of rotatable bonds is 3. The van der Waals surface area contributed by atoms with Gasteiger partial charge in [-0.15, -0.1) is 11.3 Å². The third-order valence-electron chi connectivity index (χ3n) is 1.52. The largest absolute Gasteiger partial charge is 0.336 e. The molecule has 1 aromatic rings. The molecule has 0 aromatic carbocycles. The van der Waals surface area contributed by atoms with Crippen molar-refractivity contribution in [3.63, 3.8) is 0 Å². The van der Waals surface area contributed by atoms with Crippen molar-refractivity contribution in [2.75, 3.05) is 5.32 Å². The molecule has 0 saturated carbocycles. The van der Waals surface area contributed by atoms with E-state index < -0.39 is 0 Å². The normalized spacial score (nSPS) is 10.3. The zero-order valence-electron chi connectivity index (χ0n) is 8.33. The van der Waals surface area contributed by atoms with Crippen LogP contribution in [0.15, 0.2) is 12.1 Å². The number of hydrogen-bond acceptors (Lipinski definition) is 3. The van der Waals surface area contributed by atoms with Gasteiger partial charge >= 0.3 is 6.03 Å². The van der Waals surface area contributed by atoms with Crippen LogP contribution >= 0.6 is 11.3 Å². The van der Waals surface area contributed by atoms with Crippen LogP contribution in [0, 0.1) is 0 Å². The highest BCUT2D eigenvalue weighted by Gasteiger charge is 2.04. The number of nitrogens with two attached hydrogens (primary N) is 1. The SMILES string of the molecule is CC(C)NC(=O)Nc1ccc(CN)s1. The van der Waals surface area contributed by atoms with Gasteiger partial charge in [0.1, 0.15) is 0 Å². The lowest BCUT2D eigenvalue weighted by Crippen LogP contribution is -2.33. The van der Waals surface area contributed by atoms with Gasteiger partial charge in [-0.2, -0.15) is 0 Å². The predicted molar refractivity (Wildman–Crippen MR) is 59.5 cm³/mol. The summed E-state index contributed by atoms with van der Waals surface area (Å²) in [4.78, 5) is 12.3. The van der Waals surface area contributed by atoms with Crippen LogP contribution in [0.3, 0.4) is 0 Å². The van der Waals surface area contributed by atoms with Gasteiger partial charge in [0.25, 0.3) is 0 Å². The average molecular weight is 213 g/mol. The molecule has 1 heterocycles. The van der Waals surface area contributed by atoms with Crippen molar-refractivity contribution in [2.45, 2.75) is 26.4 Å². The number of carbonyl (C=O) groups is 1. The molecule has 0 fully saturated rings. The second-order valence-corrected chi connectivity index (χ2v) is 4.39. The predicted octanol–water partition coefficient (Wildman–Crippen LogP) is 1.74. The monoisotopic (exact) mass is 213 g/mol. The molecule has 0 atom stereocenters. The first-order valence-electron chi connectivity index (χ1n) is 4.48. The first-order valence-corrected chi connectivity index (χ1v) is 5.29. The van der Waals surface area contributed by atoms with Crippen LogP contribution < -0.4 is 16.4 Å². The van der Waals surface area contributed by atoms with Crippen LogP contribution in [0.4, 0.5) is 9.80 Å². The number of carbonyl (C=O) groups excluding carboxylic acids is 1. The highest BCUT2D eigenvalue weighted by atomic mass is 32.1. The second-order valence-electron chi connectivity index (χ2n) is 3.22. The number of hydrogen-bond donors (Lipinski definition) is 3. The van der Waals surface area contributed by atoms with Gasteiger partial charge in [0.05, 0.1) is 5.00 Å². The Balaban J connectivity index is 2.47. The Morgan fingerprint density at radius 3 is 2.79 bits per heavy atom. The van der Waals surface area contributed by atoms with E-state index in [1.165, 1.54) is 11.3 Å². The van der Waals surface area contributed by atoms with Crippen LogP contribution in [-0.2, 0) is 6.54 Å². The Labute approximate surface area is 87.5 Å². The van der Waals surface area contributed by atoms with Gasteiger partial charge in [0.15, 0.2) is 0 Å². The lowest BCUT2D eigenvalue weighted by atomic mass is 10.4. The van der Waals surface area contributed by atoms with Gasteiger partial charge in [-0.05, 0) is 26.0 Å². The summed E-state index contributed by atoms with van der Waals surface area (Å²) in [6.07, 6.45) is 0. The molecule has 0 radical (unpaired) electrons. The van der Waals surface area contributed by atoms with E-state index in [9.17, 15) is 4.79 Å². The number of thiophene rings is 1. The Kier molecular flexibility index (Phi) is 3.91. The van der Waals surface area contributed by atoms with E-state index in [2.05, 4.69) is 10.6 Å². The maximum absolute atomic E-state index is 11.3. The summed E-state index contributed by atoms with van der Waals surface area (Å²) in [5.41, 5.74) is 5.46. The molecule has 0 aliphatic rings. The Morgan fingerprint density at radius 1 is 1.57 bits per heavy atom. The van der Waals surface area contributed by atoms with E-state index in [1.54, 1.807) is 0 Å². The van der Waals surface area contributed by atoms with Gasteiger partial charge < -0.3 is 11.1 Å². The van der Waals surface area contributed by atoms with E-state index in [0.29, 0.717) is 6.54 Å². The minimum Gasteiger partial charge on any atom is -0.336 e. The van der Waals surface area contributed by atoms with Crippen molar-refractivity contribution in [3.8, 4) is 0 Å². The Morgan fingerprint density at radius 2 is 2.29 bits per heavy atom. The molecule has 14 heavy (non-hydrogen) atoms. The summed E-state index contributed by atoms with van der Waals surface area (Å²) >= 11 is 1.49. The van der Waals surface area contributed by atoms with E-state index >= 15 is 0 Å². The lowest BCUT2D eigenvalue weighted by molar-refractivity contribution is 0.250. The molecule has 1 aromatic heterocycles. The molecule has 78 valence electrons. The molecule has 0 aliphatic heterocycles. The molecule has 1 rings (SSSR count). The molecule has 0 bridgehead atoms. The quantitative estimate of drug-likeness (QED) is 0.716. The third-order valence-corrected chi connectivity index (χ3v) is 2.54. The Bertz CT molecular complexity index is 309. The number of amides is 2. The molecule has 2 amide bonds. The second kappa shape index (κ2) is 4.97. The molecule has 0 unspecified atom stereocenters. The highest BCUT2D eigenvalue weighted by molar-refractivity contribution is 7.16. The van der Waals surface area contributed by atoms with Crippen molar-refractivity contribution in [1.82, 2.24) is 5.32 Å². The van der Waals surface area contributed by atoms with Crippen LogP contribution in [0.25, 0.3) is 0 Å². The fourth-order valence-corrected chi connectivity index (χ4v) is 1.75. The van der Waals surface area contributed by atoms with E-state index in [4.69, 9.17) is 5.73 Å². The van der Waals surface area contributed by atoms with Gasteiger partial charge in [0.2, 0.25) is 0 Å². The smallest absolute Gasteiger partial charge is 0.320 e. The van der Waals surface area contributed by atoms with Crippen molar-refractivity contribution < 1.29 is 4.79 Å². The molecule has 0 saturated heterocycles. The summed E-state index contributed by atoms with van der Waals surface area (Å²) in [6, 6.07) is 3.73.